The van der Waals surface area contributed by atoms with Gasteiger partial charge >= 0.3 is 5.97 Å². The monoisotopic (exact) mass is 214 g/mol. The van der Waals surface area contributed by atoms with Crippen molar-refractivity contribution in [3.8, 4) is 0 Å². The van der Waals surface area contributed by atoms with Crippen LogP contribution in [0.5, 0.6) is 0 Å². The maximum Gasteiger partial charge on any atom is 0.330 e. The minimum absolute atomic E-state index is 0.00393. The fraction of sp³-hybridized carbons (Fsp3) is 0.727. The zero-order valence-corrected chi connectivity index (χ0v) is 8.94. The van der Waals surface area contributed by atoms with Crippen molar-refractivity contribution >= 4 is 5.97 Å². The highest BCUT2D eigenvalue weighted by atomic mass is 16.4. The second kappa shape index (κ2) is 4.77. The summed E-state index contributed by atoms with van der Waals surface area (Å²) in [5.74, 6) is -0.983. The molecule has 0 saturated heterocycles. The predicted molar refractivity (Wildman–Crippen MR) is 55.3 cm³/mol. The molecule has 0 heterocycles. The van der Waals surface area contributed by atoms with E-state index in [1.165, 1.54) is 6.92 Å². The van der Waals surface area contributed by atoms with Gasteiger partial charge in [-0.1, -0.05) is 12.5 Å². The normalized spacial score (nSPS) is 31.9. The van der Waals surface area contributed by atoms with Gasteiger partial charge in [0.2, 0.25) is 0 Å². The molecule has 3 N–H and O–H groups in total. The summed E-state index contributed by atoms with van der Waals surface area (Å²) in [6.07, 6.45) is 4.14. The molecule has 1 saturated carbocycles. The molecule has 1 aliphatic rings. The van der Waals surface area contributed by atoms with Gasteiger partial charge in [-0.25, -0.2) is 4.79 Å². The van der Waals surface area contributed by atoms with Gasteiger partial charge in [0.15, 0.2) is 0 Å². The minimum Gasteiger partial charge on any atom is -0.478 e. The maximum absolute atomic E-state index is 10.7. The molecule has 4 heteroatoms. The van der Waals surface area contributed by atoms with E-state index in [0.29, 0.717) is 0 Å². The van der Waals surface area contributed by atoms with Crippen molar-refractivity contribution in [3.05, 3.63) is 11.6 Å². The van der Waals surface area contributed by atoms with Gasteiger partial charge < -0.3 is 15.3 Å². The lowest BCUT2D eigenvalue weighted by Crippen LogP contribution is -2.30. The van der Waals surface area contributed by atoms with E-state index in [2.05, 4.69) is 0 Å². The Bertz CT molecular complexity index is 272. The lowest BCUT2D eigenvalue weighted by atomic mass is 9.77. The third kappa shape index (κ3) is 2.38. The van der Waals surface area contributed by atoms with Crippen LogP contribution in [0.15, 0.2) is 11.6 Å². The Balaban J connectivity index is 2.94. The van der Waals surface area contributed by atoms with Crippen molar-refractivity contribution in [2.45, 2.75) is 26.2 Å². The van der Waals surface area contributed by atoms with Gasteiger partial charge in [-0.05, 0) is 25.7 Å². The van der Waals surface area contributed by atoms with Crippen molar-refractivity contribution in [1.29, 1.82) is 0 Å². The van der Waals surface area contributed by atoms with Crippen LogP contribution >= 0.6 is 0 Å². The molecule has 1 fully saturated rings. The Morgan fingerprint density at radius 3 is 2.67 bits per heavy atom. The summed E-state index contributed by atoms with van der Waals surface area (Å²) in [5, 5.41) is 27.4. The SMILES string of the molecule is CC(=CC1(CO)CCCC1CO)C(=O)O. The van der Waals surface area contributed by atoms with Gasteiger partial charge in [-0.2, -0.15) is 0 Å². The van der Waals surface area contributed by atoms with Gasteiger partial charge in [-0.3, -0.25) is 0 Å². The molecule has 15 heavy (non-hydrogen) atoms. The molecule has 86 valence electrons. The van der Waals surface area contributed by atoms with Crippen LogP contribution in [-0.2, 0) is 4.79 Å². The largest absolute Gasteiger partial charge is 0.478 e. The van der Waals surface area contributed by atoms with E-state index in [4.69, 9.17) is 5.11 Å². The van der Waals surface area contributed by atoms with Gasteiger partial charge in [0.25, 0.3) is 0 Å². The topological polar surface area (TPSA) is 77.8 Å². The molecule has 1 rings (SSSR count). The fourth-order valence-electron chi connectivity index (χ4n) is 2.38. The van der Waals surface area contributed by atoms with Crippen LogP contribution in [0.25, 0.3) is 0 Å². The van der Waals surface area contributed by atoms with E-state index >= 15 is 0 Å². The summed E-state index contributed by atoms with van der Waals surface area (Å²) in [6, 6.07) is 0. The molecular formula is C11H18O4. The number of carboxylic acid groups (broad SMARTS) is 1. The number of rotatable bonds is 4. The summed E-state index contributed by atoms with van der Waals surface area (Å²) < 4.78 is 0. The molecule has 0 aromatic heterocycles. The molecule has 0 aliphatic heterocycles. The number of hydrogen-bond donors (Lipinski definition) is 3. The van der Waals surface area contributed by atoms with Crippen LogP contribution in [0.2, 0.25) is 0 Å². The van der Waals surface area contributed by atoms with Gasteiger partial charge in [0, 0.05) is 17.6 Å². The first kappa shape index (κ1) is 12.2. The van der Waals surface area contributed by atoms with E-state index in [1.807, 2.05) is 0 Å². The van der Waals surface area contributed by atoms with Gasteiger partial charge in [0.05, 0.1) is 6.61 Å². The number of aliphatic hydroxyl groups excluding tert-OH is 2. The Morgan fingerprint density at radius 1 is 1.53 bits per heavy atom. The van der Waals surface area contributed by atoms with E-state index in [-0.39, 0.29) is 24.7 Å². The highest BCUT2D eigenvalue weighted by molar-refractivity contribution is 5.85. The standard InChI is InChI=1S/C11H18O4/c1-8(10(14)15)5-11(7-13)4-2-3-9(11)6-12/h5,9,12-13H,2-4,6-7H2,1H3,(H,14,15). The average molecular weight is 214 g/mol. The maximum atomic E-state index is 10.7. The first-order valence-electron chi connectivity index (χ1n) is 5.20. The third-order valence-corrected chi connectivity index (χ3v) is 3.36. The summed E-state index contributed by atoms with van der Waals surface area (Å²) in [5.41, 5.74) is -0.290. The molecule has 2 atom stereocenters. The van der Waals surface area contributed by atoms with Crippen molar-refractivity contribution in [3.63, 3.8) is 0 Å². The quantitative estimate of drug-likeness (QED) is 0.604. The van der Waals surface area contributed by atoms with E-state index in [1.54, 1.807) is 6.08 Å². The Kier molecular flexibility index (Phi) is 3.88. The Labute approximate surface area is 89.2 Å². The molecule has 0 amide bonds. The lowest BCUT2D eigenvalue weighted by molar-refractivity contribution is -0.132. The zero-order valence-electron chi connectivity index (χ0n) is 8.94. The molecular weight excluding hydrogens is 196 g/mol. The molecule has 1 aliphatic carbocycles. The van der Waals surface area contributed by atoms with Crippen LogP contribution in [0.3, 0.4) is 0 Å². The van der Waals surface area contributed by atoms with Crippen LogP contribution in [0.4, 0.5) is 0 Å². The second-order valence-electron chi connectivity index (χ2n) is 4.30. The first-order chi connectivity index (χ1) is 7.05. The highest BCUT2D eigenvalue weighted by Crippen LogP contribution is 2.44. The molecule has 0 radical (unpaired) electrons. The van der Waals surface area contributed by atoms with E-state index in [0.717, 1.165) is 19.3 Å². The highest BCUT2D eigenvalue weighted by Gasteiger charge is 2.40. The number of carbonyl (C=O) groups is 1. The smallest absolute Gasteiger partial charge is 0.330 e. The average Bonchev–Trinajstić information content (AvgIpc) is 2.61. The molecule has 2 unspecified atom stereocenters. The van der Waals surface area contributed by atoms with E-state index < -0.39 is 11.4 Å². The van der Waals surface area contributed by atoms with Crippen LogP contribution in [0, 0.1) is 11.3 Å². The van der Waals surface area contributed by atoms with Crippen LogP contribution in [-0.4, -0.2) is 34.5 Å². The molecule has 4 nitrogen and oxygen atoms in total. The Hall–Kier alpha value is -0.870. The van der Waals surface area contributed by atoms with Crippen LogP contribution < -0.4 is 0 Å². The number of aliphatic hydroxyl groups is 2. The predicted octanol–water partition coefficient (Wildman–Crippen LogP) is 0.788. The zero-order chi connectivity index (χ0) is 11.5. The van der Waals surface area contributed by atoms with Crippen molar-refractivity contribution < 1.29 is 20.1 Å². The first-order valence-corrected chi connectivity index (χ1v) is 5.20. The number of aliphatic carboxylic acids is 1. The van der Waals surface area contributed by atoms with Crippen LogP contribution in [0.1, 0.15) is 26.2 Å². The number of hydrogen-bond acceptors (Lipinski definition) is 3. The van der Waals surface area contributed by atoms with Gasteiger partial charge in [0.1, 0.15) is 0 Å². The van der Waals surface area contributed by atoms with Crippen molar-refractivity contribution in [2.24, 2.45) is 11.3 Å². The summed E-state index contributed by atoms with van der Waals surface area (Å²) in [7, 11) is 0. The second-order valence-corrected chi connectivity index (χ2v) is 4.30. The number of carboxylic acids is 1. The molecule has 0 aromatic carbocycles. The summed E-state index contributed by atoms with van der Waals surface area (Å²) in [6.45, 7) is 1.43. The molecule has 0 bridgehead atoms. The molecule has 0 spiro atoms. The van der Waals surface area contributed by atoms with Crippen molar-refractivity contribution in [2.75, 3.05) is 13.2 Å². The fourth-order valence-corrected chi connectivity index (χ4v) is 2.38. The lowest BCUT2D eigenvalue weighted by Gasteiger charge is -2.29. The van der Waals surface area contributed by atoms with Crippen molar-refractivity contribution in [1.82, 2.24) is 0 Å². The minimum atomic E-state index is -0.966. The Morgan fingerprint density at radius 2 is 2.20 bits per heavy atom. The molecule has 0 aromatic rings. The summed E-state index contributed by atoms with van der Waals surface area (Å²) >= 11 is 0. The van der Waals surface area contributed by atoms with Gasteiger partial charge in [-0.15, -0.1) is 0 Å². The summed E-state index contributed by atoms with van der Waals surface area (Å²) in [4.78, 5) is 10.7. The van der Waals surface area contributed by atoms with E-state index in [9.17, 15) is 15.0 Å². The third-order valence-electron chi connectivity index (χ3n) is 3.36.